The van der Waals surface area contributed by atoms with Crippen LogP contribution in [0.1, 0.15) is 96.8 Å². The van der Waals surface area contributed by atoms with Crippen LogP contribution in [0, 0.1) is 5.41 Å². The van der Waals surface area contributed by atoms with E-state index >= 15 is 0 Å². The minimum Gasteiger partial charge on any atom is -0.464 e. The van der Waals surface area contributed by atoms with Gasteiger partial charge in [0.05, 0.1) is 6.54 Å². The second-order valence-electron chi connectivity index (χ2n) is 7.36. The van der Waals surface area contributed by atoms with Gasteiger partial charge in [0.2, 0.25) is 0 Å². The molecule has 0 amide bonds. The number of ether oxygens (including phenoxy) is 1. The second-order valence-corrected chi connectivity index (χ2v) is 7.36. The number of rotatable bonds is 18. The lowest BCUT2D eigenvalue weighted by molar-refractivity contribution is -0.143. The first kappa shape index (κ1) is 25.5. The fourth-order valence-corrected chi connectivity index (χ4v) is 2.83. The van der Waals surface area contributed by atoms with Gasteiger partial charge in [0.25, 0.3) is 0 Å². The van der Waals surface area contributed by atoms with Crippen molar-refractivity contribution in [3.05, 3.63) is 12.2 Å². The Morgan fingerprint density at radius 3 is 2.00 bits per heavy atom. The SMILES string of the molecule is CCCCCCCC/C=C/CCCCCCCC(=O)OCCN(C)C(=N)N. The van der Waals surface area contributed by atoms with Crippen LogP contribution in [-0.4, -0.2) is 37.0 Å². The third-order valence-electron chi connectivity index (χ3n) is 4.74. The number of unbranched alkanes of at least 4 members (excludes halogenated alkanes) is 11. The zero-order valence-corrected chi connectivity index (χ0v) is 17.8. The number of allylic oxidation sites excluding steroid dienone is 2. The van der Waals surface area contributed by atoms with Gasteiger partial charge < -0.3 is 15.4 Å². The molecule has 5 heteroatoms. The average Bonchev–Trinajstić information content (AvgIpc) is 2.64. The van der Waals surface area contributed by atoms with Crippen LogP contribution in [0.4, 0.5) is 0 Å². The predicted molar refractivity (Wildman–Crippen MR) is 115 cm³/mol. The maximum absolute atomic E-state index is 11.6. The summed E-state index contributed by atoms with van der Waals surface area (Å²) in [4.78, 5) is 13.1. The highest BCUT2D eigenvalue weighted by Gasteiger charge is 2.04. The molecule has 0 heterocycles. The molecule has 0 aliphatic heterocycles. The highest BCUT2D eigenvalue weighted by atomic mass is 16.5. The zero-order valence-electron chi connectivity index (χ0n) is 17.8. The molecule has 0 atom stereocenters. The lowest BCUT2D eigenvalue weighted by Gasteiger charge is -2.16. The number of nitrogens with one attached hydrogen (secondary N) is 1. The molecule has 0 rings (SSSR count). The number of carbonyl (C=O) groups excluding carboxylic acids is 1. The van der Waals surface area contributed by atoms with E-state index in [1.165, 1.54) is 70.6 Å². The topological polar surface area (TPSA) is 79.4 Å². The Morgan fingerprint density at radius 2 is 1.44 bits per heavy atom. The van der Waals surface area contributed by atoms with Gasteiger partial charge in [-0.3, -0.25) is 10.2 Å². The van der Waals surface area contributed by atoms with Gasteiger partial charge in [-0.15, -0.1) is 0 Å². The Kier molecular flexibility index (Phi) is 18.2. The fourth-order valence-electron chi connectivity index (χ4n) is 2.83. The zero-order chi connectivity index (χ0) is 20.2. The summed E-state index contributed by atoms with van der Waals surface area (Å²) in [6, 6.07) is 0. The number of esters is 1. The van der Waals surface area contributed by atoms with Gasteiger partial charge in [-0.25, -0.2) is 0 Å². The van der Waals surface area contributed by atoms with E-state index in [0.717, 1.165) is 12.8 Å². The summed E-state index contributed by atoms with van der Waals surface area (Å²) in [7, 11) is 1.71. The van der Waals surface area contributed by atoms with Crippen LogP contribution in [-0.2, 0) is 9.53 Å². The van der Waals surface area contributed by atoms with E-state index in [1.54, 1.807) is 11.9 Å². The molecule has 3 N–H and O–H groups in total. The lowest BCUT2D eigenvalue weighted by Crippen LogP contribution is -2.35. The van der Waals surface area contributed by atoms with E-state index in [0.29, 0.717) is 19.6 Å². The van der Waals surface area contributed by atoms with Crippen LogP contribution < -0.4 is 5.73 Å². The molecular weight excluding hydrogens is 338 g/mol. The van der Waals surface area contributed by atoms with E-state index in [-0.39, 0.29) is 11.9 Å². The number of nitrogens with zero attached hydrogens (tertiary/aromatic N) is 1. The quantitative estimate of drug-likeness (QED) is 0.110. The normalized spacial score (nSPS) is 11.0. The van der Waals surface area contributed by atoms with Crippen molar-refractivity contribution in [1.82, 2.24) is 4.90 Å². The predicted octanol–water partition coefficient (Wildman–Crippen LogP) is 5.39. The highest BCUT2D eigenvalue weighted by molar-refractivity contribution is 5.74. The minimum atomic E-state index is -0.149. The van der Waals surface area contributed by atoms with E-state index in [9.17, 15) is 4.79 Å². The minimum absolute atomic E-state index is 0.0108. The van der Waals surface area contributed by atoms with Gasteiger partial charge in [-0.1, -0.05) is 70.4 Å². The number of carbonyl (C=O) groups is 1. The highest BCUT2D eigenvalue weighted by Crippen LogP contribution is 2.10. The monoisotopic (exact) mass is 381 g/mol. The first-order valence-corrected chi connectivity index (χ1v) is 10.9. The molecule has 158 valence electrons. The van der Waals surface area contributed by atoms with Crippen LogP contribution >= 0.6 is 0 Å². The summed E-state index contributed by atoms with van der Waals surface area (Å²) >= 11 is 0. The Balaban J connectivity index is 3.29. The Morgan fingerprint density at radius 1 is 0.926 bits per heavy atom. The molecule has 0 unspecified atom stereocenters. The van der Waals surface area contributed by atoms with Crippen molar-refractivity contribution in [3.63, 3.8) is 0 Å². The van der Waals surface area contributed by atoms with Gasteiger partial charge in [-0.2, -0.15) is 0 Å². The Bertz CT molecular complexity index is 397. The van der Waals surface area contributed by atoms with E-state index in [4.69, 9.17) is 15.9 Å². The molecule has 0 saturated carbocycles. The average molecular weight is 382 g/mol. The fraction of sp³-hybridized carbons (Fsp3) is 0.818. The molecule has 0 saturated heterocycles. The molecule has 0 radical (unpaired) electrons. The largest absolute Gasteiger partial charge is 0.464 e. The molecule has 27 heavy (non-hydrogen) atoms. The summed E-state index contributed by atoms with van der Waals surface area (Å²) < 4.78 is 5.14. The standard InChI is InChI=1S/C22H43N3O2/c1-3-4-5-6-7-8-9-10-11-12-13-14-15-16-17-18-21(26)27-20-19-25(2)22(23)24/h10-11H,3-9,12-20H2,1-2H3,(H3,23,24)/b11-10+. The molecule has 5 nitrogen and oxygen atoms in total. The van der Waals surface area contributed by atoms with Crippen molar-refractivity contribution in [2.45, 2.75) is 96.8 Å². The number of nitrogens with two attached hydrogens (primary N) is 1. The summed E-state index contributed by atoms with van der Waals surface area (Å²) in [5, 5.41) is 7.22. The maximum Gasteiger partial charge on any atom is 0.305 e. The van der Waals surface area contributed by atoms with Crippen molar-refractivity contribution in [2.24, 2.45) is 5.73 Å². The van der Waals surface area contributed by atoms with Gasteiger partial charge in [0.1, 0.15) is 6.61 Å². The Labute approximate surface area is 167 Å². The third kappa shape index (κ3) is 19.1. The summed E-state index contributed by atoms with van der Waals surface area (Å²) in [6.45, 7) is 3.02. The molecule has 0 fully saturated rings. The molecule has 0 bridgehead atoms. The number of likely N-dealkylation sites (N-methyl/N-ethyl adjacent to an activating group) is 1. The van der Waals surface area contributed by atoms with Crippen molar-refractivity contribution < 1.29 is 9.53 Å². The van der Waals surface area contributed by atoms with Crippen LogP contribution in [0.15, 0.2) is 12.2 Å². The van der Waals surface area contributed by atoms with Gasteiger partial charge in [0.15, 0.2) is 5.96 Å². The van der Waals surface area contributed by atoms with Gasteiger partial charge >= 0.3 is 5.97 Å². The third-order valence-corrected chi connectivity index (χ3v) is 4.74. The second kappa shape index (κ2) is 19.2. The van der Waals surface area contributed by atoms with Crippen LogP contribution in [0.3, 0.4) is 0 Å². The van der Waals surface area contributed by atoms with Crippen LogP contribution in [0.25, 0.3) is 0 Å². The first-order valence-electron chi connectivity index (χ1n) is 10.9. The first-order chi connectivity index (χ1) is 13.1. The lowest BCUT2D eigenvalue weighted by atomic mass is 10.1. The Hall–Kier alpha value is -1.52. The smallest absolute Gasteiger partial charge is 0.305 e. The van der Waals surface area contributed by atoms with Gasteiger partial charge in [-0.05, 0) is 32.1 Å². The number of guanidine groups is 1. The summed E-state index contributed by atoms with van der Waals surface area (Å²) in [6.07, 6.45) is 21.4. The van der Waals surface area contributed by atoms with Crippen molar-refractivity contribution in [2.75, 3.05) is 20.2 Å². The summed E-state index contributed by atoms with van der Waals surface area (Å²) in [5.74, 6) is -0.159. The molecule has 0 spiro atoms. The number of hydrogen-bond donors (Lipinski definition) is 2. The molecule has 0 aliphatic rings. The van der Waals surface area contributed by atoms with E-state index < -0.39 is 0 Å². The molecule has 0 aromatic carbocycles. The van der Waals surface area contributed by atoms with Crippen molar-refractivity contribution in [3.8, 4) is 0 Å². The van der Waals surface area contributed by atoms with Crippen LogP contribution in [0.5, 0.6) is 0 Å². The number of hydrogen-bond acceptors (Lipinski definition) is 3. The van der Waals surface area contributed by atoms with E-state index in [2.05, 4.69) is 19.1 Å². The maximum atomic E-state index is 11.6. The molecule has 0 aliphatic carbocycles. The van der Waals surface area contributed by atoms with Crippen molar-refractivity contribution >= 4 is 11.9 Å². The van der Waals surface area contributed by atoms with Gasteiger partial charge in [0, 0.05) is 13.5 Å². The van der Waals surface area contributed by atoms with Crippen molar-refractivity contribution in [1.29, 1.82) is 5.41 Å². The molecular formula is C22H43N3O2. The molecule has 0 aromatic heterocycles. The van der Waals surface area contributed by atoms with E-state index in [1.807, 2.05) is 0 Å². The molecule has 0 aromatic rings. The van der Waals surface area contributed by atoms with Crippen LogP contribution in [0.2, 0.25) is 0 Å². The summed E-state index contributed by atoms with van der Waals surface area (Å²) in [5.41, 5.74) is 5.32.